The number of benzene rings is 3. The van der Waals surface area contributed by atoms with Crippen molar-refractivity contribution in [2.75, 3.05) is 5.32 Å². The molecule has 150 valence electrons. The number of nitrogens with one attached hydrogen (secondary N) is 1. The molecular formula is C23H18ClFN4O. The molecule has 5 nitrogen and oxygen atoms in total. The minimum Gasteiger partial charge on any atom is -0.317 e. The Balaban J connectivity index is 1.80. The highest BCUT2D eigenvalue weighted by atomic mass is 35.5. The highest BCUT2D eigenvalue weighted by Gasteiger charge is 2.20. The van der Waals surface area contributed by atoms with Crippen LogP contribution in [0.2, 0.25) is 5.02 Å². The maximum atomic E-state index is 13.9. The molecule has 7 heteroatoms. The molecule has 4 aromatic rings. The van der Waals surface area contributed by atoms with E-state index in [2.05, 4.69) is 15.4 Å². The number of anilines is 1. The van der Waals surface area contributed by atoms with Gasteiger partial charge in [-0.1, -0.05) is 41.4 Å². The summed E-state index contributed by atoms with van der Waals surface area (Å²) in [5.74, 6) is -0.711. The maximum Gasteiger partial charge on any atom is 0.295 e. The van der Waals surface area contributed by atoms with Crippen LogP contribution in [0.4, 0.5) is 10.1 Å². The lowest BCUT2D eigenvalue weighted by molar-refractivity contribution is 0.101. The molecule has 30 heavy (non-hydrogen) atoms. The molecule has 4 rings (SSSR count). The lowest BCUT2D eigenvalue weighted by Crippen LogP contribution is -2.15. The molecule has 0 unspecified atom stereocenters. The van der Waals surface area contributed by atoms with Crippen molar-refractivity contribution in [1.82, 2.24) is 14.8 Å². The number of hydrogen-bond donors (Lipinski definition) is 1. The van der Waals surface area contributed by atoms with Gasteiger partial charge in [-0.3, -0.25) is 4.79 Å². The first-order valence-corrected chi connectivity index (χ1v) is 9.66. The van der Waals surface area contributed by atoms with E-state index in [0.29, 0.717) is 10.8 Å². The molecule has 0 aliphatic rings. The number of nitrogens with zero attached hydrogens (tertiary/aromatic N) is 3. The first-order chi connectivity index (χ1) is 14.4. The van der Waals surface area contributed by atoms with Crippen LogP contribution in [0.5, 0.6) is 0 Å². The van der Waals surface area contributed by atoms with Gasteiger partial charge in [0.15, 0.2) is 5.82 Å². The second kappa shape index (κ2) is 8.08. The molecule has 1 aromatic heterocycles. The van der Waals surface area contributed by atoms with Crippen molar-refractivity contribution in [3.63, 3.8) is 0 Å². The average molecular weight is 421 g/mol. The third kappa shape index (κ3) is 3.95. The second-order valence-corrected chi connectivity index (χ2v) is 7.34. The molecule has 1 heterocycles. The summed E-state index contributed by atoms with van der Waals surface area (Å²) in [5, 5.41) is 7.55. The Morgan fingerprint density at radius 1 is 1.03 bits per heavy atom. The fourth-order valence-corrected chi connectivity index (χ4v) is 3.27. The summed E-state index contributed by atoms with van der Waals surface area (Å²) in [7, 11) is 0. The summed E-state index contributed by atoms with van der Waals surface area (Å²) < 4.78 is 15.6. The molecular weight excluding hydrogens is 403 g/mol. The van der Waals surface area contributed by atoms with Crippen molar-refractivity contribution in [2.24, 2.45) is 0 Å². The molecule has 1 N–H and O–H groups in total. The minimum absolute atomic E-state index is 0.0665. The summed E-state index contributed by atoms with van der Waals surface area (Å²) in [6.07, 6.45) is 0. The molecule has 0 fully saturated rings. The molecule has 0 spiro atoms. The van der Waals surface area contributed by atoms with E-state index in [-0.39, 0.29) is 11.5 Å². The van der Waals surface area contributed by atoms with E-state index < -0.39 is 11.7 Å². The standard InChI is InChI=1S/C23H18ClFN4O/c1-14-7-12-20(15(2)13-14)29-22(16-8-10-17(24)11-9-16)27-21(28-29)23(30)26-19-6-4-3-5-18(19)25/h3-13H,1-2H3,(H,26,30). The molecule has 0 aliphatic carbocycles. The Morgan fingerprint density at radius 2 is 1.77 bits per heavy atom. The molecule has 3 aromatic carbocycles. The Labute approximate surface area is 178 Å². The van der Waals surface area contributed by atoms with Gasteiger partial charge < -0.3 is 5.32 Å². The van der Waals surface area contributed by atoms with Gasteiger partial charge in [0, 0.05) is 10.6 Å². The molecule has 0 bridgehead atoms. The van der Waals surface area contributed by atoms with Gasteiger partial charge in [0.1, 0.15) is 5.82 Å². The summed E-state index contributed by atoms with van der Waals surface area (Å²) in [4.78, 5) is 17.2. The van der Waals surface area contributed by atoms with Crippen LogP contribution in [0.3, 0.4) is 0 Å². The van der Waals surface area contributed by atoms with Gasteiger partial charge in [0.05, 0.1) is 11.4 Å². The Morgan fingerprint density at radius 3 is 2.47 bits per heavy atom. The van der Waals surface area contributed by atoms with Crippen molar-refractivity contribution in [1.29, 1.82) is 0 Å². The number of aryl methyl sites for hydroxylation is 2. The normalized spacial score (nSPS) is 10.8. The fourth-order valence-electron chi connectivity index (χ4n) is 3.15. The minimum atomic E-state index is -0.598. The topological polar surface area (TPSA) is 59.8 Å². The van der Waals surface area contributed by atoms with Crippen LogP contribution in [0.1, 0.15) is 21.7 Å². The van der Waals surface area contributed by atoms with E-state index in [1.807, 2.05) is 44.2 Å². The van der Waals surface area contributed by atoms with Crippen molar-refractivity contribution in [2.45, 2.75) is 13.8 Å². The number of hydrogen-bond acceptors (Lipinski definition) is 3. The third-order valence-electron chi connectivity index (χ3n) is 4.62. The van der Waals surface area contributed by atoms with Gasteiger partial charge in [0.25, 0.3) is 5.91 Å². The zero-order valence-electron chi connectivity index (χ0n) is 16.4. The fraction of sp³-hybridized carbons (Fsp3) is 0.0870. The summed E-state index contributed by atoms with van der Waals surface area (Å²) in [5.41, 5.74) is 3.70. The van der Waals surface area contributed by atoms with E-state index in [1.54, 1.807) is 28.9 Å². The maximum absolute atomic E-state index is 13.9. The summed E-state index contributed by atoms with van der Waals surface area (Å²) >= 11 is 6.02. The smallest absolute Gasteiger partial charge is 0.295 e. The number of carbonyl (C=O) groups excluding carboxylic acids is 1. The molecule has 0 aliphatic heterocycles. The lowest BCUT2D eigenvalue weighted by atomic mass is 10.1. The average Bonchev–Trinajstić information content (AvgIpc) is 3.15. The van der Waals surface area contributed by atoms with Crippen LogP contribution < -0.4 is 5.32 Å². The Bertz CT molecular complexity index is 1230. The number of rotatable bonds is 4. The highest BCUT2D eigenvalue weighted by Crippen LogP contribution is 2.25. The van der Waals surface area contributed by atoms with Crippen molar-refractivity contribution >= 4 is 23.2 Å². The third-order valence-corrected chi connectivity index (χ3v) is 4.87. The predicted octanol–water partition coefficient (Wildman–Crippen LogP) is 5.60. The van der Waals surface area contributed by atoms with Crippen molar-refractivity contribution in [3.8, 4) is 17.1 Å². The zero-order chi connectivity index (χ0) is 21.3. The first-order valence-electron chi connectivity index (χ1n) is 9.29. The molecule has 0 atom stereocenters. The van der Waals surface area contributed by atoms with E-state index in [0.717, 1.165) is 22.4 Å². The molecule has 0 saturated heterocycles. The zero-order valence-corrected chi connectivity index (χ0v) is 17.1. The van der Waals surface area contributed by atoms with Crippen LogP contribution >= 0.6 is 11.6 Å². The largest absolute Gasteiger partial charge is 0.317 e. The number of halogens is 2. The van der Waals surface area contributed by atoms with Crippen LogP contribution in [0.25, 0.3) is 17.1 Å². The van der Waals surface area contributed by atoms with Crippen molar-refractivity contribution < 1.29 is 9.18 Å². The molecule has 1 amide bonds. The highest BCUT2D eigenvalue weighted by molar-refractivity contribution is 6.30. The van der Waals surface area contributed by atoms with Crippen LogP contribution in [0.15, 0.2) is 66.7 Å². The van der Waals surface area contributed by atoms with Crippen LogP contribution in [-0.2, 0) is 0 Å². The summed E-state index contributed by atoms with van der Waals surface area (Å²) in [6.45, 7) is 3.97. The first kappa shape index (κ1) is 19.8. The van der Waals surface area contributed by atoms with E-state index in [4.69, 9.17) is 11.6 Å². The molecule has 0 saturated carbocycles. The quantitative estimate of drug-likeness (QED) is 0.467. The lowest BCUT2D eigenvalue weighted by Gasteiger charge is -2.10. The SMILES string of the molecule is Cc1ccc(-n2nc(C(=O)Nc3ccccc3F)nc2-c2ccc(Cl)cc2)c(C)c1. The van der Waals surface area contributed by atoms with E-state index >= 15 is 0 Å². The van der Waals surface area contributed by atoms with Crippen LogP contribution in [-0.4, -0.2) is 20.7 Å². The van der Waals surface area contributed by atoms with Crippen LogP contribution in [0, 0.1) is 19.7 Å². The van der Waals surface area contributed by atoms with Gasteiger partial charge in [-0.25, -0.2) is 14.1 Å². The number of aromatic nitrogens is 3. The van der Waals surface area contributed by atoms with Crippen molar-refractivity contribution in [3.05, 3.63) is 94.5 Å². The number of para-hydroxylation sites is 1. The van der Waals surface area contributed by atoms with Gasteiger partial charge in [-0.2, -0.15) is 0 Å². The summed E-state index contributed by atoms with van der Waals surface area (Å²) in [6, 6.07) is 19.0. The van der Waals surface area contributed by atoms with E-state index in [9.17, 15) is 9.18 Å². The van der Waals surface area contributed by atoms with E-state index in [1.165, 1.54) is 12.1 Å². The number of amides is 1. The predicted molar refractivity (Wildman–Crippen MR) is 116 cm³/mol. The molecule has 0 radical (unpaired) electrons. The van der Waals surface area contributed by atoms with Gasteiger partial charge in [0.2, 0.25) is 5.82 Å². The Hall–Kier alpha value is -3.51. The second-order valence-electron chi connectivity index (χ2n) is 6.90. The van der Waals surface area contributed by atoms with Gasteiger partial charge in [-0.15, -0.1) is 5.10 Å². The number of carbonyl (C=O) groups is 1. The Kier molecular flexibility index (Phi) is 5.33. The van der Waals surface area contributed by atoms with Gasteiger partial charge in [-0.05, 0) is 61.9 Å². The van der Waals surface area contributed by atoms with Gasteiger partial charge >= 0.3 is 0 Å². The monoisotopic (exact) mass is 420 g/mol.